The van der Waals surface area contributed by atoms with Gasteiger partial charge in [0, 0.05) is 99.7 Å². The molecule has 70 heavy (non-hydrogen) atoms. The zero-order chi connectivity index (χ0) is 50.4. The smallest absolute Gasteiger partial charge is 0.479 e. The van der Waals surface area contributed by atoms with Crippen molar-refractivity contribution >= 4 is 70.4 Å². The standard InChI is InChI=1S/C24H32N8O12Si8.C16H36N.FH/c25-9-1-17-45-33-46(18-2-10-26)36-49(21-5-13-29)38-47(34-45,19-3-11-27)40-51(23-7-15-31)41-48(35-45,20-4-12-28)39-50(37-46,22-6-14-30)43-52(42-49,44-51)24-8-16-32;1-5-9-13-17(14-10-6-2,15-11-7-3)16-12-8-4;/h1-8,17-24H2;5-16H2,1-4H3;1H/q;+1;/p-1. The maximum Gasteiger partial charge on any atom is 0.479 e. The first-order valence-electron chi connectivity index (χ1n) is 24.4. The summed E-state index contributed by atoms with van der Waals surface area (Å²) in [4.78, 5) is 0. The van der Waals surface area contributed by atoms with E-state index in [4.69, 9.17) is 49.4 Å². The Bertz CT molecular complexity index is 1580. The monoisotopic (exact) mass is 1110 g/mol. The second-order valence-electron chi connectivity index (χ2n) is 17.6. The molecule has 0 saturated carbocycles. The molecule has 0 spiro atoms. The number of halogens is 1. The Labute approximate surface area is 422 Å². The Morgan fingerprint density at radius 3 is 0.500 bits per heavy atom. The normalized spacial score (nSPS) is 32.3. The Morgan fingerprint density at radius 2 is 0.400 bits per heavy atom. The number of nitrogens with zero attached hydrogens (tertiary/aromatic N) is 9. The van der Waals surface area contributed by atoms with Crippen LogP contribution in [0.3, 0.4) is 0 Å². The van der Waals surface area contributed by atoms with E-state index >= 15 is 0 Å². The van der Waals surface area contributed by atoms with Crippen LogP contribution >= 0.6 is 0 Å². The molecule has 0 atom stereocenters. The van der Waals surface area contributed by atoms with E-state index in [1.165, 1.54) is 82.0 Å². The third-order valence-corrected chi connectivity index (χ3v) is 48.8. The van der Waals surface area contributed by atoms with E-state index in [9.17, 15) is 42.1 Å². The van der Waals surface area contributed by atoms with Gasteiger partial charge in [0.05, 0.1) is 74.7 Å². The zero-order valence-electron chi connectivity index (χ0n) is 41.1. The molecule has 6 saturated heterocycles. The van der Waals surface area contributed by atoms with Gasteiger partial charge in [-0.2, -0.15) is 42.1 Å². The first-order chi connectivity index (χ1) is 33.2. The van der Waals surface area contributed by atoms with Crippen molar-refractivity contribution in [2.45, 2.75) is 179 Å². The fourth-order valence-corrected chi connectivity index (χ4v) is 57.8. The van der Waals surface area contributed by atoms with Crippen LogP contribution in [-0.4, -0.2) is 101 Å². The Hall–Kier alpha value is -2.93. The molecule has 6 rings (SSSR count). The first-order valence-corrected chi connectivity index (χ1v) is 39.9. The van der Waals surface area contributed by atoms with Gasteiger partial charge in [-0.1, -0.05) is 53.4 Å². The van der Waals surface area contributed by atoms with Crippen molar-refractivity contribution in [2.24, 2.45) is 0 Å². The van der Waals surface area contributed by atoms with Gasteiger partial charge in [-0.25, -0.2) is 0 Å². The van der Waals surface area contributed by atoms with Gasteiger partial charge >= 0.3 is 70.4 Å². The molecule has 0 aromatic rings. The van der Waals surface area contributed by atoms with Crippen LogP contribution in [0.2, 0.25) is 48.4 Å². The molecule has 0 aromatic carbocycles. The number of nitriles is 8. The topological polar surface area (TPSA) is 301 Å². The molecule has 0 amide bonds. The highest BCUT2D eigenvalue weighted by Crippen LogP contribution is 2.54. The number of unbranched alkanes of at least 4 members (excludes halogenated alkanes) is 4. The lowest BCUT2D eigenvalue weighted by molar-refractivity contribution is -0.929. The maximum absolute atomic E-state index is 9.83. The van der Waals surface area contributed by atoms with Crippen LogP contribution in [0.5, 0.6) is 0 Å². The predicted octanol–water partition coefficient (Wildman–Crippen LogP) is 5.08. The van der Waals surface area contributed by atoms with Crippen LogP contribution in [0.25, 0.3) is 0 Å². The lowest BCUT2D eigenvalue weighted by atomic mass is 10.1. The molecule has 6 aliphatic heterocycles. The molecule has 21 nitrogen and oxygen atoms in total. The molecule has 0 N–H and O–H groups in total. The lowest BCUT2D eigenvalue weighted by Gasteiger charge is -2.63. The van der Waals surface area contributed by atoms with E-state index in [1.54, 1.807) is 0 Å². The summed E-state index contributed by atoms with van der Waals surface area (Å²) < 4.78 is 85.2. The summed E-state index contributed by atoms with van der Waals surface area (Å²) in [7, 11) is -36.1. The molecule has 384 valence electrons. The van der Waals surface area contributed by atoms with Gasteiger partial charge in [-0.3, -0.25) is 0 Å². The number of rotatable bonds is 28. The minimum absolute atomic E-state index is 0. The molecule has 0 radical (unpaired) electrons. The summed E-state index contributed by atoms with van der Waals surface area (Å²) in [6.07, 6.45) is 9.50. The summed E-state index contributed by atoms with van der Waals surface area (Å²) in [5.74, 6) is 0. The summed E-state index contributed by atoms with van der Waals surface area (Å²) in [5.41, 5.74) is 0. The van der Waals surface area contributed by atoms with Crippen LogP contribution in [0.1, 0.15) is 130 Å². The minimum Gasteiger partial charge on any atom is -1.00 e. The molecular weight excluding hydrogens is 1040 g/mol. The van der Waals surface area contributed by atoms with Crippen LogP contribution in [0.4, 0.5) is 0 Å². The SMILES string of the molecule is CCCC[N+](CCCC)(CCCC)CCCC.N#CCC[Si]12O[Si]3(CCC#N)O[Si]4(CCC#N)O[Si](CCC#N)(O1)O[Si]1(CCC#N)O[Si](CCC#N)(O2)O[Si](CCC#N)(O3)O[Si](CCC#N)(O4)O1.[F-]. The molecule has 0 unspecified atom stereocenters. The Balaban J connectivity index is 0.000000614. The average Bonchev–Trinajstić information content (AvgIpc) is 3.31. The van der Waals surface area contributed by atoms with Gasteiger partial charge in [0.15, 0.2) is 0 Å². The van der Waals surface area contributed by atoms with Crippen molar-refractivity contribution in [3.05, 3.63) is 0 Å². The van der Waals surface area contributed by atoms with Crippen molar-refractivity contribution < 1.29 is 58.6 Å². The van der Waals surface area contributed by atoms with E-state index < -0.39 is 70.4 Å². The van der Waals surface area contributed by atoms with Crippen molar-refractivity contribution in [1.82, 2.24) is 0 Å². The molecule has 0 aliphatic carbocycles. The molecule has 8 bridgehead atoms. The molecule has 6 heterocycles. The number of hydrogen-bond donors (Lipinski definition) is 0. The van der Waals surface area contributed by atoms with E-state index in [0.717, 1.165) is 0 Å². The summed E-state index contributed by atoms with van der Waals surface area (Å²) in [6, 6.07) is 14.8. The van der Waals surface area contributed by atoms with Crippen molar-refractivity contribution in [3.63, 3.8) is 0 Å². The molecule has 6 aliphatic rings. The van der Waals surface area contributed by atoms with Gasteiger partial charge in [0.25, 0.3) is 0 Å². The second-order valence-corrected chi connectivity index (χ2v) is 42.3. The average molecular weight is 1110 g/mol. The van der Waals surface area contributed by atoms with E-state index in [2.05, 4.69) is 76.2 Å². The highest BCUT2D eigenvalue weighted by Gasteiger charge is 2.83. The zero-order valence-corrected chi connectivity index (χ0v) is 49.1. The summed E-state index contributed by atoms with van der Waals surface area (Å²) in [6.45, 7) is 15.0. The number of hydrogen-bond acceptors (Lipinski definition) is 20. The third-order valence-electron chi connectivity index (χ3n) is 12.0. The van der Waals surface area contributed by atoms with E-state index in [1.807, 2.05) is 0 Å². The first kappa shape index (κ1) is 61.4. The largest absolute Gasteiger partial charge is 1.00 e. The van der Waals surface area contributed by atoms with Crippen molar-refractivity contribution in [2.75, 3.05) is 26.2 Å². The predicted molar refractivity (Wildman–Crippen MR) is 259 cm³/mol. The summed E-state index contributed by atoms with van der Waals surface area (Å²) in [5, 5.41) is 78.6. The third kappa shape index (κ3) is 16.0. The fourth-order valence-electron chi connectivity index (χ4n) is 8.88. The van der Waals surface area contributed by atoms with Crippen LogP contribution in [0, 0.1) is 90.6 Å². The second kappa shape index (κ2) is 28.5. The highest BCUT2D eigenvalue weighted by atomic mass is 28.6. The van der Waals surface area contributed by atoms with Crippen LogP contribution in [-0.2, 0) is 49.4 Å². The van der Waals surface area contributed by atoms with E-state index in [0.29, 0.717) is 0 Å². The quantitative estimate of drug-likeness (QED) is 0.0728. The Kier molecular flexibility index (Phi) is 25.0. The van der Waals surface area contributed by atoms with Gasteiger partial charge in [0.1, 0.15) is 0 Å². The fraction of sp³-hybridized carbons (Fsp3) is 0.800. The van der Waals surface area contributed by atoms with Gasteiger partial charge in [-0.15, -0.1) is 0 Å². The maximum atomic E-state index is 9.83. The van der Waals surface area contributed by atoms with Crippen LogP contribution < -0.4 is 4.70 Å². The molecule has 30 heteroatoms. The molecule has 6 fully saturated rings. The summed E-state index contributed by atoms with van der Waals surface area (Å²) >= 11 is 0. The number of quaternary nitrogens is 1. The Morgan fingerprint density at radius 1 is 0.271 bits per heavy atom. The van der Waals surface area contributed by atoms with Crippen LogP contribution in [0.15, 0.2) is 0 Å². The lowest BCUT2D eigenvalue weighted by Crippen LogP contribution is -3.00. The molecule has 0 aromatic heterocycles. The van der Waals surface area contributed by atoms with Crippen molar-refractivity contribution in [1.29, 1.82) is 42.1 Å². The highest BCUT2D eigenvalue weighted by molar-refractivity contribution is 7.03. The van der Waals surface area contributed by atoms with Gasteiger partial charge in [0.2, 0.25) is 0 Å². The van der Waals surface area contributed by atoms with Gasteiger partial charge < -0.3 is 58.6 Å². The molecular formula is C40H68FN9O12Si8. The minimum atomic E-state index is -4.52. The van der Waals surface area contributed by atoms with Crippen molar-refractivity contribution in [3.8, 4) is 48.6 Å². The van der Waals surface area contributed by atoms with Gasteiger partial charge in [-0.05, 0) is 25.7 Å². The van der Waals surface area contributed by atoms with E-state index in [-0.39, 0.29) is 104 Å².